The van der Waals surface area contributed by atoms with Crippen molar-refractivity contribution in [2.75, 3.05) is 5.32 Å². The molecule has 1 aromatic carbocycles. The van der Waals surface area contributed by atoms with Crippen LogP contribution >= 0.6 is 12.2 Å². The summed E-state index contributed by atoms with van der Waals surface area (Å²) in [6, 6.07) is 6.29. The molecule has 4 nitrogen and oxygen atoms in total. The van der Waals surface area contributed by atoms with Crippen LogP contribution in [-0.4, -0.2) is 14.9 Å². The highest BCUT2D eigenvalue weighted by Crippen LogP contribution is 2.19. The fourth-order valence-corrected chi connectivity index (χ4v) is 2.73. The van der Waals surface area contributed by atoms with Crippen molar-refractivity contribution in [2.45, 2.75) is 47.2 Å². The molecular weight excluding hydrogens is 292 g/mol. The predicted octanol–water partition coefficient (Wildman–Crippen LogP) is 3.88. The van der Waals surface area contributed by atoms with Gasteiger partial charge in [0.05, 0.1) is 11.7 Å². The minimum Gasteiger partial charge on any atom is -0.356 e. The van der Waals surface area contributed by atoms with Crippen molar-refractivity contribution >= 4 is 23.0 Å². The van der Waals surface area contributed by atoms with Gasteiger partial charge in [-0.2, -0.15) is 5.10 Å². The number of nitrogens with one attached hydrogen (secondary N) is 2. The van der Waals surface area contributed by atoms with Crippen molar-refractivity contribution in [2.24, 2.45) is 0 Å². The van der Waals surface area contributed by atoms with Crippen LogP contribution in [0.2, 0.25) is 0 Å². The summed E-state index contributed by atoms with van der Waals surface area (Å²) in [5.74, 6) is 0. The van der Waals surface area contributed by atoms with Crippen LogP contribution in [-0.2, 0) is 6.54 Å². The summed E-state index contributed by atoms with van der Waals surface area (Å²) in [4.78, 5) is 0. The maximum Gasteiger partial charge on any atom is 0.171 e. The molecule has 1 aromatic heterocycles. The number of thiocarbonyl (C=S) groups is 1. The number of aryl methyl sites for hydroxylation is 3. The molecule has 2 aromatic rings. The van der Waals surface area contributed by atoms with Gasteiger partial charge in [0.15, 0.2) is 5.11 Å². The third-order valence-electron chi connectivity index (χ3n) is 3.98. The van der Waals surface area contributed by atoms with E-state index in [2.05, 4.69) is 55.7 Å². The van der Waals surface area contributed by atoms with Crippen LogP contribution in [0.5, 0.6) is 0 Å². The van der Waals surface area contributed by atoms with Crippen LogP contribution in [0.4, 0.5) is 5.69 Å². The quantitative estimate of drug-likeness (QED) is 0.840. The zero-order chi connectivity index (χ0) is 16.3. The van der Waals surface area contributed by atoms with Gasteiger partial charge in [-0.25, -0.2) is 0 Å². The molecule has 0 aliphatic heterocycles. The average Bonchev–Trinajstić information content (AvgIpc) is 2.85. The summed E-state index contributed by atoms with van der Waals surface area (Å²) in [5.41, 5.74) is 5.73. The highest BCUT2D eigenvalue weighted by Gasteiger charge is 2.13. The number of hydrogen-bond donors (Lipinski definition) is 2. The van der Waals surface area contributed by atoms with Gasteiger partial charge in [-0.1, -0.05) is 12.1 Å². The molecule has 0 amide bonds. The monoisotopic (exact) mass is 316 g/mol. The summed E-state index contributed by atoms with van der Waals surface area (Å²) in [6.45, 7) is 11.3. The van der Waals surface area contributed by atoms with Crippen molar-refractivity contribution in [1.29, 1.82) is 0 Å². The van der Waals surface area contributed by atoms with Crippen molar-refractivity contribution in [3.63, 3.8) is 0 Å². The Kier molecular flexibility index (Phi) is 5.19. The molecular formula is C17H24N4S. The zero-order valence-electron chi connectivity index (χ0n) is 13.9. The lowest BCUT2D eigenvalue weighted by Gasteiger charge is -2.18. The van der Waals surface area contributed by atoms with Gasteiger partial charge < -0.3 is 10.6 Å². The molecule has 0 aliphatic carbocycles. The molecule has 0 radical (unpaired) electrons. The van der Waals surface area contributed by atoms with E-state index in [0.29, 0.717) is 5.11 Å². The number of nitrogens with zero attached hydrogens (tertiary/aromatic N) is 2. The Bertz CT molecular complexity index is 675. The molecule has 0 spiro atoms. The second-order valence-corrected chi connectivity index (χ2v) is 6.00. The summed E-state index contributed by atoms with van der Waals surface area (Å²) in [5, 5.41) is 11.7. The van der Waals surface area contributed by atoms with Crippen molar-refractivity contribution in [3.05, 3.63) is 46.8 Å². The van der Waals surface area contributed by atoms with E-state index in [9.17, 15) is 0 Å². The van der Waals surface area contributed by atoms with Gasteiger partial charge >= 0.3 is 0 Å². The minimum atomic E-state index is 0.116. The van der Waals surface area contributed by atoms with Crippen molar-refractivity contribution < 1.29 is 0 Å². The van der Waals surface area contributed by atoms with Crippen LogP contribution in [0, 0.1) is 20.8 Å². The van der Waals surface area contributed by atoms with Crippen molar-refractivity contribution in [3.8, 4) is 0 Å². The number of aromatic nitrogens is 2. The molecule has 0 saturated carbocycles. The fourth-order valence-electron chi connectivity index (χ4n) is 2.44. The highest BCUT2D eigenvalue weighted by atomic mass is 32.1. The molecule has 0 saturated heterocycles. The van der Waals surface area contributed by atoms with Crippen LogP contribution in [0.1, 0.15) is 42.3 Å². The first-order valence-electron chi connectivity index (χ1n) is 7.60. The first-order chi connectivity index (χ1) is 10.4. The Hall–Kier alpha value is -1.88. The zero-order valence-corrected chi connectivity index (χ0v) is 14.7. The second-order valence-electron chi connectivity index (χ2n) is 5.59. The van der Waals surface area contributed by atoms with Crippen molar-refractivity contribution in [1.82, 2.24) is 15.1 Å². The van der Waals surface area contributed by atoms with Crippen LogP contribution in [0.3, 0.4) is 0 Å². The predicted molar refractivity (Wildman–Crippen MR) is 96.3 cm³/mol. The summed E-state index contributed by atoms with van der Waals surface area (Å²) >= 11 is 5.44. The Morgan fingerprint density at radius 3 is 2.68 bits per heavy atom. The van der Waals surface area contributed by atoms with Gasteiger partial charge in [0, 0.05) is 24.0 Å². The van der Waals surface area contributed by atoms with E-state index in [0.717, 1.165) is 17.9 Å². The topological polar surface area (TPSA) is 41.9 Å². The Labute approximate surface area is 137 Å². The second kappa shape index (κ2) is 6.92. The van der Waals surface area contributed by atoms with Crippen LogP contribution < -0.4 is 10.6 Å². The lowest BCUT2D eigenvalue weighted by Crippen LogP contribution is -2.31. The van der Waals surface area contributed by atoms with Crippen LogP contribution in [0.25, 0.3) is 0 Å². The van der Waals surface area contributed by atoms with Gasteiger partial charge in [0.25, 0.3) is 0 Å². The number of rotatable bonds is 4. The maximum atomic E-state index is 5.44. The Morgan fingerprint density at radius 1 is 1.32 bits per heavy atom. The Morgan fingerprint density at radius 2 is 2.05 bits per heavy atom. The lowest BCUT2D eigenvalue weighted by atomic mass is 10.1. The smallest absolute Gasteiger partial charge is 0.171 e. The number of benzene rings is 1. The maximum absolute atomic E-state index is 5.44. The number of anilines is 1. The normalized spacial score (nSPS) is 12.0. The van der Waals surface area contributed by atoms with Gasteiger partial charge in [-0.15, -0.1) is 0 Å². The lowest BCUT2D eigenvalue weighted by molar-refractivity contribution is 0.651. The first kappa shape index (κ1) is 16.5. The summed E-state index contributed by atoms with van der Waals surface area (Å²) in [7, 11) is 0. The van der Waals surface area contributed by atoms with E-state index in [-0.39, 0.29) is 6.04 Å². The fraction of sp³-hybridized carbons (Fsp3) is 0.412. The summed E-state index contributed by atoms with van der Waals surface area (Å²) < 4.78 is 1.95. The highest BCUT2D eigenvalue weighted by molar-refractivity contribution is 7.80. The third-order valence-corrected chi connectivity index (χ3v) is 4.20. The number of hydrogen-bond acceptors (Lipinski definition) is 2. The standard InChI is InChI=1S/C17H24N4S/c1-6-21-10-15(14(5)20-21)13(4)18-17(22)19-16-9-7-8-11(2)12(16)3/h7-10,13H,6H2,1-5H3,(H2,18,19,22). The van der Waals surface area contributed by atoms with Gasteiger partial charge in [-0.3, -0.25) is 4.68 Å². The van der Waals surface area contributed by atoms with E-state index in [1.54, 1.807) is 0 Å². The van der Waals surface area contributed by atoms with Gasteiger partial charge in [0.1, 0.15) is 0 Å². The Balaban J connectivity index is 2.05. The third kappa shape index (κ3) is 3.65. The van der Waals surface area contributed by atoms with Gasteiger partial charge in [0.2, 0.25) is 0 Å². The first-order valence-corrected chi connectivity index (χ1v) is 8.00. The average molecular weight is 316 g/mol. The molecule has 1 heterocycles. The molecule has 0 bridgehead atoms. The molecule has 0 aliphatic rings. The van der Waals surface area contributed by atoms with Gasteiger partial charge in [-0.05, 0) is 64.0 Å². The molecule has 22 heavy (non-hydrogen) atoms. The molecule has 0 fully saturated rings. The SMILES string of the molecule is CCn1cc(C(C)NC(=S)Nc2cccc(C)c2C)c(C)n1. The molecule has 1 atom stereocenters. The van der Waals surface area contributed by atoms with E-state index in [4.69, 9.17) is 12.2 Å². The molecule has 5 heteroatoms. The molecule has 2 rings (SSSR count). The molecule has 1 unspecified atom stereocenters. The van der Waals surface area contributed by atoms with E-state index in [1.165, 1.54) is 16.7 Å². The largest absolute Gasteiger partial charge is 0.356 e. The van der Waals surface area contributed by atoms with E-state index < -0.39 is 0 Å². The van der Waals surface area contributed by atoms with E-state index in [1.807, 2.05) is 23.7 Å². The summed E-state index contributed by atoms with van der Waals surface area (Å²) in [6.07, 6.45) is 2.08. The molecule has 2 N–H and O–H groups in total. The van der Waals surface area contributed by atoms with Crippen LogP contribution in [0.15, 0.2) is 24.4 Å². The molecule has 118 valence electrons. The minimum absolute atomic E-state index is 0.116. The van der Waals surface area contributed by atoms with E-state index >= 15 is 0 Å².